The Bertz CT molecular complexity index is 635. The van der Waals surface area contributed by atoms with Crippen molar-refractivity contribution in [1.82, 2.24) is 0 Å². The summed E-state index contributed by atoms with van der Waals surface area (Å²) in [5.41, 5.74) is 0. The lowest BCUT2D eigenvalue weighted by Gasteiger charge is -2.16. The van der Waals surface area contributed by atoms with Gasteiger partial charge in [0.15, 0.2) is 0 Å². The van der Waals surface area contributed by atoms with Crippen molar-refractivity contribution in [2.75, 3.05) is 0 Å². The molecule has 4 nitrogen and oxygen atoms in total. The van der Waals surface area contributed by atoms with Crippen LogP contribution in [0, 0.1) is 0 Å². The first-order valence-corrected chi connectivity index (χ1v) is 16.5. The molecule has 0 aliphatic rings. The molecule has 0 rings (SSSR count). The number of carbonyl (C=O) groups is 2. The van der Waals surface area contributed by atoms with E-state index in [-0.39, 0.29) is 12.1 Å². The van der Waals surface area contributed by atoms with Crippen LogP contribution in [0.5, 0.6) is 0 Å². The number of carboxylic acid groups (broad SMARTS) is 1. The number of unbranched alkanes of at least 4 members (excludes halogenated alkanes) is 15. The lowest BCUT2D eigenvalue weighted by Crippen LogP contribution is -2.17. The highest BCUT2D eigenvalue weighted by atomic mass is 16.5. The molecule has 0 bridgehead atoms. The molecule has 39 heavy (non-hydrogen) atoms. The molecule has 0 amide bonds. The second-order valence-corrected chi connectivity index (χ2v) is 10.9. The Labute approximate surface area is 241 Å². The molecule has 0 heterocycles. The Morgan fingerprint density at radius 2 is 1.05 bits per heavy atom. The van der Waals surface area contributed by atoms with Gasteiger partial charge >= 0.3 is 11.9 Å². The normalized spacial score (nSPS) is 12.7. The molecule has 226 valence electrons. The van der Waals surface area contributed by atoms with E-state index in [0.29, 0.717) is 12.8 Å². The highest BCUT2D eigenvalue weighted by Crippen LogP contribution is 2.16. The van der Waals surface area contributed by atoms with Crippen LogP contribution in [0.1, 0.15) is 168 Å². The highest BCUT2D eigenvalue weighted by molar-refractivity contribution is 5.69. The van der Waals surface area contributed by atoms with E-state index in [1.54, 1.807) is 0 Å². The summed E-state index contributed by atoms with van der Waals surface area (Å²) in [5, 5.41) is 8.64. The summed E-state index contributed by atoms with van der Waals surface area (Å²) in [6.45, 7) is 4.28. The average molecular weight is 547 g/mol. The van der Waals surface area contributed by atoms with Gasteiger partial charge in [0, 0.05) is 12.8 Å². The van der Waals surface area contributed by atoms with Crippen molar-refractivity contribution in [2.45, 2.75) is 174 Å². The molecule has 0 aromatic heterocycles. The third-order valence-corrected chi connectivity index (χ3v) is 7.20. The van der Waals surface area contributed by atoms with Crippen LogP contribution >= 0.6 is 0 Å². The van der Waals surface area contributed by atoms with Gasteiger partial charge in [0.2, 0.25) is 0 Å². The number of allylic oxidation sites excluding steroid dienone is 6. The molecular weight excluding hydrogens is 484 g/mol. The molecule has 0 aliphatic heterocycles. The minimum absolute atomic E-state index is 0.0104. The topological polar surface area (TPSA) is 63.6 Å². The van der Waals surface area contributed by atoms with Gasteiger partial charge in [-0.25, -0.2) is 0 Å². The fourth-order valence-electron chi connectivity index (χ4n) is 4.72. The second-order valence-electron chi connectivity index (χ2n) is 10.9. The van der Waals surface area contributed by atoms with Gasteiger partial charge in [-0.2, -0.15) is 0 Å². The summed E-state index contributed by atoms with van der Waals surface area (Å²) in [6.07, 6.45) is 39.5. The van der Waals surface area contributed by atoms with E-state index in [1.807, 2.05) is 0 Å². The predicted molar refractivity (Wildman–Crippen MR) is 167 cm³/mol. The number of hydrogen-bond donors (Lipinski definition) is 1. The summed E-state index contributed by atoms with van der Waals surface area (Å²) in [7, 11) is 0. The fraction of sp³-hybridized carbons (Fsp3) is 0.771. The van der Waals surface area contributed by atoms with Crippen molar-refractivity contribution in [3.05, 3.63) is 36.5 Å². The number of esters is 1. The molecule has 0 aromatic rings. The van der Waals surface area contributed by atoms with Gasteiger partial charge in [-0.1, -0.05) is 127 Å². The van der Waals surface area contributed by atoms with E-state index in [2.05, 4.69) is 50.3 Å². The van der Waals surface area contributed by atoms with Crippen LogP contribution in [0.3, 0.4) is 0 Å². The molecule has 4 heteroatoms. The molecule has 0 saturated heterocycles. The summed E-state index contributed by atoms with van der Waals surface area (Å²) >= 11 is 0. The first-order chi connectivity index (χ1) is 19.1. The zero-order valence-electron chi connectivity index (χ0n) is 25.7. The number of carbonyl (C=O) groups excluding carboxylic acids is 1. The quantitative estimate of drug-likeness (QED) is 0.0575. The summed E-state index contributed by atoms with van der Waals surface area (Å²) in [4.78, 5) is 22.7. The maximum atomic E-state index is 12.2. The van der Waals surface area contributed by atoms with Gasteiger partial charge in [-0.15, -0.1) is 0 Å². The molecule has 0 spiro atoms. The van der Waals surface area contributed by atoms with Crippen molar-refractivity contribution in [3.8, 4) is 0 Å². The van der Waals surface area contributed by atoms with Crippen LogP contribution in [0.2, 0.25) is 0 Å². The Balaban J connectivity index is 3.49. The number of carboxylic acids is 1. The SMILES string of the molecule is CC/C=C\C/C=C\C/C=C\CCCCCCCCCC(=O)OC(CC)CCCCCCCCCCCC(=O)O. The lowest BCUT2D eigenvalue weighted by atomic mass is 10.0. The fourth-order valence-corrected chi connectivity index (χ4v) is 4.72. The third-order valence-electron chi connectivity index (χ3n) is 7.20. The van der Waals surface area contributed by atoms with E-state index in [1.165, 1.54) is 70.6 Å². The smallest absolute Gasteiger partial charge is 0.306 e. The van der Waals surface area contributed by atoms with Crippen molar-refractivity contribution in [3.63, 3.8) is 0 Å². The molecule has 1 N–H and O–H groups in total. The molecule has 0 aliphatic carbocycles. The molecule has 1 atom stereocenters. The lowest BCUT2D eigenvalue weighted by molar-refractivity contribution is -0.149. The molecule has 0 radical (unpaired) electrons. The van der Waals surface area contributed by atoms with Gasteiger partial charge in [0.25, 0.3) is 0 Å². The number of hydrogen-bond acceptors (Lipinski definition) is 3. The average Bonchev–Trinajstić information content (AvgIpc) is 2.92. The highest BCUT2D eigenvalue weighted by Gasteiger charge is 2.12. The predicted octanol–water partition coefficient (Wildman–Crippen LogP) is 11.1. The zero-order chi connectivity index (χ0) is 28.7. The molecule has 0 saturated carbocycles. The Morgan fingerprint density at radius 1 is 0.590 bits per heavy atom. The Kier molecular flexibility index (Phi) is 29.2. The van der Waals surface area contributed by atoms with E-state index in [4.69, 9.17) is 9.84 Å². The van der Waals surface area contributed by atoms with Gasteiger partial charge in [-0.3, -0.25) is 9.59 Å². The molecule has 1 unspecified atom stereocenters. The van der Waals surface area contributed by atoms with E-state index in [0.717, 1.165) is 70.6 Å². The van der Waals surface area contributed by atoms with E-state index in [9.17, 15) is 9.59 Å². The summed E-state index contributed by atoms with van der Waals surface area (Å²) in [6, 6.07) is 0. The van der Waals surface area contributed by atoms with Gasteiger partial charge in [0.1, 0.15) is 6.10 Å². The van der Waals surface area contributed by atoms with Gasteiger partial charge < -0.3 is 9.84 Å². The largest absolute Gasteiger partial charge is 0.481 e. The van der Waals surface area contributed by atoms with Gasteiger partial charge in [-0.05, 0) is 64.2 Å². The number of aliphatic carboxylic acids is 1. The van der Waals surface area contributed by atoms with Crippen LogP contribution in [0.25, 0.3) is 0 Å². The van der Waals surface area contributed by atoms with Crippen LogP contribution in [-0.4, -0.2) is 23.1 Å². The van der Waals surface area contributed by atoms with Crippen LogP contribution in [-0.2, 0) is 14.3 Å². The minimum atomic E-state index is -0.683. The van der Waals surface area contributed by atoms with Crippen molar-refractivity contribution in [1.29, 1.82) is 0 Å². The Hall–Kier alpha value is -1.84. The first kappa shape index (κ1) is 37.2. The summed E-state index contributed by atoms with van der Waals surface area (Å²) < 4.78 is 5.73. The number of ether oxygens (including phenoxy) is 1. The molecular formula is C35H62O4. The minimum Gasteiger partial charge on any atom is -0.481 e. The van der Waals surface area contributed by atoms with Crippen molar-refractivity contribution < 1.29 is 19.4 Å². The van der Waals surface area contributed by atoms with E-state index >= 15 is 0 Å². The molecule has 0 aromatic carbocycles. The third kappa shape index (κ3) is 30.6. The van der Waals surface area contributed by atoms with Crippen LogP contribution in [0.15, 0.2) is 36.5 Å². The second kappa shape index (κ2) is 30.7. The van der Waals surface area contributed by atoms with Crippen LogP contribution < -0.4 is 0 Å². The first-order valence-electron chi connectivity index (χ1n) is 16.5. The number of rotatable bonds is 29. The standard InChI is InChI=1S/C35H62O4/c1-3-5-6-7-8-9-10-11-12-13-14-15-16-20-23-26-29-32-35(38)39-33(4-2)30-27-24-21-18-17-19-22-25-28-31-34(36)37/h5-6,8-9,11-12,33H,3-4,7,10,13-32H2,1-2H3,(H,36,37)/b6-5-,9-8-,12-11-. The Morgan fingerprint density at radius 3 is 1.59 bits per heavy atom. The van der Waals surface area contributed by atoms with Gasteiger partial charge in [0.05, 0.1) is 0 Å². The maximum absolute atomic E-state index is 12.2. The van der Waals surface area contributed by atoms with Crippen LogP contribution in [0.4, 0.5) is 0 Å². The van der Waals surface area contributed by atoms with E-state index < -0.39 is 5.97 Å². The zero-order valence-corrected chi connectivity index (χ0v) is 25.7. The van der Waals surface area contributed by atoms with Crippen molar-refractivity contribution in [2.24, 2.45) is 0 Å². The monoisotopic (exact) mass is 546 g/mol. The summed E-state index contributed by atoms with van der Waals surface area (Å²) in [5.74, 6) is -0.693. The maximum Gasteiger partial charge on any atom is 0.306 e. The molecule has 0 fully saturated rings. The van der Waals surface area contributed by atoms with Crippen molar-refractivity contribution >= 4 is 11.9 Å².